The van der Waals surface area contributed by atoms with Gasteiger partial charge in [0.2, 0.25) is 11.8 Å². The van der Waals surface area contributed by atoms with Crippen LogP contribution in [0.1, 0.15) is 24.4 Å². The Morgan fingerprint density at radius 3 is 2.29 bits per heavy atom. The number of carbonyl (C=O) groups is 2. The quantitative estimate of drug-likeness (QED) is 0.392. The van der Waals surface area contributed by atoms with Gasteiger partial charge >= 0.3 is 0 Å². The number of hydrogen-bond donors (Lipinski definition) is 1. The Labute approximate surface area is 207 Å². The molecular weight excluding hydrogens is 462 g/mol. The van der Waals surface area contributed by atoms with Gasteiger partial charge in [0.25, 0.3) is 0 Å². The minimum atomic E-state index is -0.482. The molecule has 1 aliphatic rings. The summed E-state index contributed by atoms with van der Waals surface area (Å²) in [5.41, 5.74) is 2.42. The normalized spacial score (nSPS) is 17.9. The van der Waals surface area contributed by atoms with Gasteiger partial charge in [0, 0.05) is 12.1 Å². The van der Waals surface area contributed by atoms with E-state index in [9.17, 15) is 9.59 Å². The van der Waals surface area contributed by atoms with E-state index >= 15 is 0 Å². The van der Waals surface area contributed by atoms with Crippen LogP contribution in [0.3, 0.4) is 0 Å². The first-order valence-electron chi connectivity index (χ1n) is 11.3. The Morgan fingerprint density at radius 1 is 0.971 bits per heavy atom. The van der Waals surface area contributed by atoms with Crippen LogP contribution in [-0.4, -0.2) is 31.0 Å². The molecule has 5 rings (SSSR count). The maximum absolute atomic E-state index is 13.6. The zero-order valence-electron chi connectivity index (χ0n) is 19.4. The van der Waals surface area contributed by atoms with Crippen LogP contribution in [-0.2, 0) is 9.59 Å². The van der Waals surface area contributed by atoms with Crippen LogP contribution in [0, 0.1) is 5.92 Å². The molecule has 35 heavy (non-hydrogen) atoms. The highest BCUT2D eigenvalue weighted by molar-refractivity contribution is 7.22. The second kappa shape index (κ2) is 9.76. The second-order valence-corrected chi connectivity index (χ2v) is 9.33. The second-order valence-electron chi connectivity index (χ2n) is 8.30. The lowest BCUT2D eigenvalue weighted by Crippen LogP contribution is -2.46. The van der Waals surface area contributed by atoms with Crippen LogP contribution in [0.5, 0.6) is 11.5 Å². The predicted octanol–water partition coefficient (Wildman–Crippen LogP) is 5.44. The van der Waals surface area contributed by atoms with Gasteiger partial charge in [-0.2, -0.15) is 0 Å². The fourth-order valence-corrected chi connectivity index (χ4v) is 5.39. The molecule has 0 saturated carbocycles. The Balaban J connectivity index is 1.51. The zero-order chi connectivity index (χ0) is 24.4. The summed E-state index contributed by atoms with van der Waals surface area (Å²) in [6.45, 7) is 0. The number of ether oxygens (including phenoxy) is 2. The van der Waals surface area contributed by atoms with E-state index in [1.807, 2.05) is 72.8 Å². The van der Waals surface area contributed by atoms with Gasteiger partial charge in [-0.3, -0.25) is 9.59 Å². The molecule has 1 aromatic heterocycles. The monoisotopic (exact) mass is 487 g/mol. The summed E-state index contributed by atoms with van der Waals surface area (Å²) in [4.78, 5) is 33.1. The molecule has 1 fully saturated rings. The van der Waals surface area contributed by atoms with E-state index in [0.717, 1.165) is 15.8 Å². The fourth-order valence-electron chi connectivity index (χ4n) is 4.52. The molecule has 2 atom stereocenters. The molecule has 0 bridgehead atoms. The average Bonchev–Trinajstić information content (AvgIpc) is 3.31. The van der Waals surface area contributed by atoms with Crippen molar-refractivity contribution in [3.8, 4) is 11.5 Å². The van der Waals surface area contributed by atoms with Crippen molar-refractivity contribution in [2.45, 2.75) is 18.9 Å². The van der Waals surface area contributed by atoms with E-state index < -0.39 is 12.0 Å². The highest BCUT2D eigenvalue weighted by atomic mass is 32.1. The Morgan fingerprint density at radius 2 is 1.63 bits per heavy atom. The number of para-hydroxylation sites is 1. The third-order valence-electron chi connectivity index (χ3n) is 6.27. The van der Waals surface area contributed by atoms with Crippen LogP contribution in [0.15, 0.2) is 72.8 Å². The molecule has 0 unspecified atom stereocenters. The molecule has 0 spiro atoms. The van der Waals surface area contributed by atoms with Crippen LogP contribution in [0.4, 0.5) is 10.8 Å². The SMILES string of the molecule is COc1ccc([C@@H]2[C@H](C(=O)Nc3nc4ccccc4s3)CCC(=O)N2c2ccc(OC)cc2)cc1. The van der Waals surface area contributed by atoms with E-state index in [1.54, 1.807) is 19.1 Å². The van der Waals surface area contributed by atoms with E-state index in [1.165, 1.54) is 11.3 Å². The lowest BCUT2D eigenvalue weighted by atomic mass is 9.83. The molecule has 0 radical (unpaired) electrons. The van der Waals surface area contributed by atoms with Gasteiger partial charge in [-0.05, 0) is 60.5 Å². The number of amides is 2. The topological polar surface area (TPSA) is 80.8 Å². The first kappa shape index (κ1) is 22.9. The van der Waals surface area contributed by atoms with Gasteiger partial charge in [-0.15, -0.1) is 0 Å². The maximum Gasteiger partial charge on any atom is 0.231 e. The molecule has 2 amide bonds. The van der Waals surface area contributed by atoms with Gasteiger partial charge < -0.3 is 19.7 Å². The molecule has 8 heteroatoms. The van der Waals surface area contributed by atoms with Crippen molar-refractivity contribution in [1.29, 1.82) is 0 Å². The van der Waals surface area contributed by atoms with Gasteiger partial charge in [0.15, 0.2) is 5.13 Å². The van der Waals surface area contributed by atoms with Crippen molar-refractivity contribution in [3.63, 3.8) is 0 Å². The smallest absolute Gasteiger partial charge is 0.231 e. The summed E-state index contributed by atoms with van der Waals surface area (Å²) in [5, 5.41) is 3.57. The van der Waals surface area contributed by atoms with Crippen molar-refractivity contribution in [1.82, 2.24) is 4.98 Å². The molecule has 1 saturated heterocycles. The van der Waals surface area contributed by atoms with E-state index in [-0.39, 0.29) is 18.2 Å². The van der Waals surface area contributed by atoms with Crippen molar-refractivity contribution >= 4 is 44.2 Å². The minimum absolute atomic E-state index is 0.0278. The Kier molecular flexibility index (Phi) is 6.37. The Bertz CT molecular complexity index is 1320. The lowest BCUT2D eigenvalue weighted by molar-refractivity contribution is -0.125. The third-order valence-corrected chi connectivity index (χ3v) is 7.22. The van der Waals surface area contributed by atoms with E-state index in [4.69, 9.17) is 9.47 Å². The number of aromatic nitrogens is 1. The third kappa shape index (κ3) is 4.57. The van der Waals surface area contributed by atoms with Crippen LogP contribution in [0.2, 0.25) is 0 Å². The van der Waals surface area contributed by atoms with Crippen molar-refractivity contribution in [2.75, 3.05) is 24.4 Å². The average molecular weight is 488 g/mol. The molecule has 7 nitrogen and oxygen atoms in total. The number of anilines is 2. The van der Waals surface area contributed by atoms with Gasteiger partial charge in [-0.25, -0.2) is 4.98 Å². The molecule has 2 heterocycles. The maximum atomic E-state index is 13.6. The first-order valence-corrected chi connectivity index (χ1v) is 12.2. The number of rotatable bonds is 6. The number of nitrogens with zero attached hydrogens (tertiary/aromatic N) is 2. The van der Waals surface area contributed by atoms with Crippen LogP contribution in [0.25, 0.3) is 10.2 Å². The summed E-state index contributed by atoms with van der Waals surface area (Å²) in [5.74, 6) is 0.762. The van der Waals surface area contributed by atoms with Crippen molar-refractivity contribution in [2.24, 2.45) is 5.92 Å². The minimum Gasteiger partial charge on any atom is -0.497 e. The largest absolute Gasteiger partial charge is 0.497 e. The highest BCUT2D eigenvalue weighted by Gasteiger charge is 2.41. The molecule has 3 aromatic carbocycles. The Hall–Kier alpha value is -3.91. The lowest BCUT2D eigenvalue weighted by Gasteiger charge is -2.40. The molecule has 1 aliphatic heterocycles. The summed E-state index contributed by atoms with van der Waals surface area (Å²) >= 11 is 1.44. The predicted molar refractivity (Wildman–Crippen MR) is 137 cm³/mol. The number of fused-ring (bicyclic) bond motifs is 1. The summed E-state index contributed by atoms with van der Waals surface area (Å²) < 4.78 is 11.6. The number of benzene rings is 3. The van der Waals surface area contributed by atoms with Crippen LogP contribution >= 0.6 is 11.3 Å². The highest BCUT2D eigenvalue weighted by Crippen LogP contribution is 2.41. The number of hydrogen-bond acceptors (Lipinski definition) is 6. The molecule has 4 aromatic rings. The van der Waals surface area contributed by atoms with Crippen molar-refractivity contribution < 1.29 is 19.1 Å². The molecule has 178 valence electrons. The van der Waals surface area contributed by atoms with Crippen molar-refractivity contribution in [3.05, 3.63) is 78.4 Å². The number of nitrogens with one attached hydrogen (secondary N) is 1. The molecule has 0 aliphatic carbocycles. The van der Waals surface area contributed by atoms with Gasteiger partial charge in [0.05, 0.1) is 36.4 Å². The van der Waals surface area contributed by atoms with Gasteiger partial charge in [0.1, 0.15) is 11.5 Å². The molecular formula is C27H25N3O4S. The number of piperidine rings is 1. The summed E-state index contributed by atoms with van der Waals surface area (Å²) in [6, 6.07) is 22.2. The van der Waals surface area contributed by atoms with Crippen LogP contribution < -0.4 is 19.7 Å². The molecule has 1 N–H and O–H groups in total. The first-order chi connectivity index (χ1) is 17.1. The standard InChI is InChI=1S/C27H25N3O4S/c1-33-19-11-7-17(8-12-19)25-21(26(32)29-27-28-22-5-3-4-6-23(22)35-27)15-16-24(31)30(25)18-9-13-20(34-2)14-10-18/h3-14,21,25H,15-16H2,1-2H3,(H,28,29,32)/t21-,25-/m1/s1. The summed E-state index contributed by atoms with van der Waals surface area (Å²) in [7, 11) is 3.21. The van der Waals surface area contributed by atoms with E-state index in [2.05, 4.69) is 10.3 Å². The van der Waals surface area contributed by atoms with E-state index in [0.29, 0.717) is 28.7 Å². The van der Waals surface area contributed by atoms with Gasteiger partial charge in [-0.1, -0.05) is 35.6 Å². The fraction of sp³-hybridized carbons (Fsp3) is 0.222. The summed E-state index contributed by atoms with van der Waals surface area (Å²) in [6.07, 6.45) is 0.718. The zero-order valence-corrected chi connectivity index (χ0v) is 20.2. The number of methoxy groups -OCH3 is 2. The number of carbonyl (C=O) groups excluding carboxylic acids is 2. The number of thiazole rings is 1.